The lowest BCUT2D eigenvalue weighted by Gasteiger charge is -2.21. The van der Waals surface area contributed by atoms with Crippen molar-refractivity contribution in [2.24, 2.45) is 11.8 Å². The maximum Gasteiger partial charge on any atom is 0.328 e. The highest BCUT2D eigenvalue weighted by Gasteiger charge is 2.20. The average Bonchev–Trinajstić information content (AvgIpc) is 2.93. The molecule has 2 atom stereocenters. The maximum absolute atomic E-state index is 11.7. The van der Waals surface area contributed by atoms with E-state index in [4.69, 9.17) is 5.11 Å². The van der Waals surface area contributed by atoms with Gasteiger partial charge in [0, 0.05) is 30.8 Å². The van der Waals surface area contributed by atoms with Crippen LogP contribution in [0.1, 0.15) is 31.7 Å². The number of nitrogens with one attached hydrogen (secondary N) is 1. The monoisotopic (exact) mass is 304 g/mol. The SMILES string of the molecule is Cc1cn(CCCC2=CC=CC2[C@@H](C)CCO)c(=O)[nH]c1=O. The van der Waals surface area contributed by atoms with Gasteiger partial charge in [-0.2, -0.15) is 0 Å². The number of aromatic nitrogens is 2. The Morgan fingerprint density at radius 3 is 2.91 bits per heavy atom. The number of rotatable bonds is 7. The van der Waals surface area contributed by atoms with E-state index >= 15 is 0 Å². The lowest BCUT2D eigenvalue weighted by molar-refractivity contribution is 0.250. The Morgan fingerprint density at radius 1 is 1.41 bits per heavy atom. The van der Waals surface area contributed by atoms with Crippen molar-refractivity contribution in [2.75, 3.05) is 6.61 Å². The van der Waals surface area contributed by atoms with Gasteiger partial charge < -0.3 is 9.67 Å². The van der Waals surface area contributed by atoms with Gasteiger partial charge in [-0.3, -0.25) is 9.78 Å². The molecule has 1 unspecified atom stereocenters. The largest absolute Gasteiger partial charge is 0.396 e. The zero-order chi connectivity index (χ0) is 16.1. The molecule has 5 nitrogen and oxygen atoms in total. The number of hydrogen-bond donors (Lipinski definition) is 2. The summed E-state index contributed by atoms with van der Waals surface area (Å²) in [4.78, 5) is 25.4. The maximum atomic E-state index is 11.7. The molecular formula is C17H24N2O3. The summed E-state index contributed by atoms with van der Waals surface area (Å²) in [6, 6.07) is 0. The van der Waals surface area contributed by atoms with Crippen molar-refractivity contribution in [1.82, 2.24) is 9.55 Å². The highest BCUT2D eigenvalue weighted by molar-refractivity contribution is 5.28. The van der Waals surface area contributed by atoms with Gasteiger partial charge in [0.15, 0.2) is 0 Å². The lowest BCUT2D eigenvalue weighted by Crippen LogP contribution is -2.30. The van der Waals surface area contributed by atoms with E-state index in [0.29, 0.717) is 23.9 Å². The molecule has 0 bridgehead atoms. The molecule has 1 aliphatic carbocycles. The molecule has 5 heteroatoms. The number of nitrogens with zero attached hydrogens (tertiary/aromatic N) is 1. The van der Waals surface area contributed by atoms with E-state index in [1.165, 1.54) is 5.57 Å². The Balaban J connectivity index is 1.93. The minimum Gasteiger partial charge on any atom is -0.396 e. The molecule has 1 aromatic rings. The standard InChI is InChI=1S/C17H24N2O3/c1-12(8-10-20)15-7-3-5-14(15)6-4-9-19-11-13(2)16(21)18-17(19)22/h3,5,7,11-12,15,20H,4,6,8-10H2,1-2H3,(H,18,21,22)/t12-,15?/m0/s1. The Morgan fingerprint density at radius 2 is 2.18 bits per heavy atom. The van der Waals surface area contributed by atoms with Crippen molar-refractivity contribution in [3.63, 3.8) is 0 Å². The van der Waals surface area contributed by atoms with Gasteiger partial charge in [0.05, 0.1) is 0 Å². The number of hydrogen-bond acceptors (Lipinski definition) is 3. The quantitative estimate of drug-likeness (QED) is 0.806. The van der Waals surface area contributed by atoms with Crippen molar-refractivity contribution in [3.05, 3.63) is 56.4 Å². The third-order valence-electron chi connectivity index (χ3n) is 4.31. The third-order valence-corrected chi connectivity index (χ3v) is 4.31. The molecule has 0 fully saturated rings. The molecule has 0 saturated heterocycles. The summed E-state index contributed by atoms with van der Waals surface area (Å²) in [6.45, 7) is 4.66. The fourth-order valence-electron chi connectivity index (χ4n) is 2.96. The van der Waals surface area contributed by atoms with E-state index in [2.05, 4.69) is 30.1 Å². The highest BCUT2D eigenvalue weighted by Crippen LogP contribution is 2.31. The predicted octanol–water partition coefficient (Wildman–Crippen LogP) is 1.76. The fraction of sp³-hybridized carbons (Fsp3) is 0.529. The number of aryl methyl sites for hydroxylation is 2. The first-order chi connectivity index (χ1) is 10.5. The van der Waals surface area contributed by atoms with Crippen LogP contribution in [-0.2, 0) is 6.54 Å². The number of aromatic amines is 1. The van der Waals surface area contributed by atoms with Crippen LogP contribution in [0.4, 0.5) is 0 Å². The van der Waals surface area contributed by atoms with Gasteiger partial charge in [-0.05, 0) is 32.1 Å². The van der Waals surface area contributed by atoms with Crippen molar-refractivity contribution in [1.29, 1.82) is 0 Å². The minimum atomic E-state index is -0.348. The van der Waals surface area contributed by atoms with E-state index in [-0.39, 0.29) is 17.9 Å². The van der Waals surface area contributed by atoms with Crippen molar-refractivity contribution >= 4 is 0 Å². The van der Waals surface area contributed by atoms with Crippen molar-refractivity contribution in [3.8, 4) is 0 Å². The number of aliphatic hydroxyl groups is 1. The molecule has 120 valence electrons. The summed E-state index contributed by atoms with van der Waals surface area (Å²) in [5, 5.41) is 9.08. The Hall–Kier alpha value is -1.88. The summed E-state index contributed by atoms with van der Waals surface area (Å²) in [5.74, 6) is 0.814. The van der Waals surface area contributed by atoms with Crippen LogP contribution < -0.4 is 11.2 Å². The minimum absolute atomic E-state index is 0.213. The van der Waals surface area contributed by atoms with E-state index in [9.17, 15) is 9.59 Å². The molecule has 0 aromatic carbocycles. The van der Waals surface area contributed by atoms with Gasteiger partial charge >= 0.3 is 5.69 Å². The van der Waals surface area contributed by atoms with Crippen LogP contribution in [0.15, 0.2) is 39.6 Å². The van der Waals surface area contributed by atoms with Gasteiger partial charge in [-0.15, -0.1) is 0 Å². The van der Waals surface area contributed by atoms with Crippen LogP contribution in [0.2, 0.25) is 0 Å². The average molecular weight is 304 g/mol. The van der Waals surface area contributed by atoms with Crippen LogP contribution in [0, 0.1) is 18.8 Å². The Kier molecular flexibility index (Phi) is 5.55. The molecule has 22 heavy (non-hydrogen) atoms. The van der Waals surface area contributed by atoms with Crippen LogP contribution in [0.3, 0.4) is 0 Å². The normalized spacial score (nSPS) is 18.5. The molecule has 1 aliphatic rings. The molecule has 0 saturated carbocycles. The zero-order valence-corrected chi connectivity index (χ0v) is 13.2. The summed E-state index contributed by atoms with van der Waals surface area (Å²) in [5.41, 5.74) is 1.24. The second kappa shape index (κ2) is 7.40. The molecule has 0 spiro atoms. The van der Waals surface area contributed by atoms with E-state index in [1.807, 2.05) is 0 Å². The Labute approximate surface area is 130 Å². The first kappa shape index (κ1) is 16.5. The molecule has 1 aromatic heterocycles. The highest BCUT2D eigenvalue weighted by atomic mass is 16.3. The second-order valence-corrected chi connectivity index (χ2v) is 6.01. The van der Waals surface area contributed by atoms with Crippen LogP contribution in [0.25, 0.3) is 0 Å². The summed E-state index contributed by atoms with van der Waals surface area (Å²) < 4.78 is 1.56. The first-order valence-electron chi connectivity index (χ1n) is 7.81. The molecule has 0 amide bonds. The van der Waals surface area contributed by atoms with E-state index < -0.39 is 0 Å². The van der Waals surface area contributed by atoms with Gasteiger partial charge in [0.1, 0.15) is 0 Å². The van der Waals surface area contributed by atoms with Gasteiger partial charge in [-0.1, -0.05) is 30.7 Å². The molecule has 0 radical (unpaired) electrons. The number of aliphatic hydroxyl groups excluding tert-OH is 1. The number of allylic oxidation sites excluding steroid dienone is 4. The van der Waals surface area contributed by atoms with Gasteiger partial charge in [-0.25, -0.2) is 4.79 Å². The summed E-state index contributed by atoms with van der Waals surface area (Å²) in [7, 11) is 0. The van der Waals surface area contributed by atoms with Crippen molar-refractivity contribution in [2.45, 2.75) is 39.7 Å². The summed E-state index contributed by atoms with van der Waals surface area (Å²) in [6.07, 6.45) is 10.6. The molecule has 1 heterocycles. The Bertz CT molecular complexity index is 682. The zero-order valence-electron chi connectivity index (χ0n) is 13.2. The second-order valence-electron chi connectivity index (χ2n) is 6.01. The van der Waals surface area contributed by atoms with Crippen LogP contribution >= 0.6 is 0 Å². The van der Waals surface area contributed by atoms with E-state index in [1.54, 1.807) is 17.7 Å². The van der Waals surface area contributed by atoms with Crippen LogP contribution in [0.5, 0.6) is 0 Å². The smallest absolute Gasteiger partial charge is 0.328 e. The third kappa shape index (κ3) is 3.85. The number of H-pyrrole nitrogens is 1. The molecule has 2 N–H and O–H groups in total. The summed E-state index contributed by atoms with van der Waals surface area (Å²) >= 11 is 0. The topological polar surface area (TPSA) is 75.1 Å². The molecule has 0 aliphatic heterocycles. The molecular weight excluding hydrogens is 280 g/mol. The molecule has 2 rings (SSSR count). The predicted molar refractivity (Wildman–Crippen MR) is 86.9 cm³/mol. The van der Waals surface area contributed by atoms with Crippen molar-refractivity contribution < 1.29 is 5.11 Å². The lowest BCUT2D eigenvalue weighted by atomic mass is 9.85. The van der Waals surface area contributed by atoms with E-state index in [0.717, 1.165) is 19.3 Å². The van der Waals surface area contributed by atoms with Crippen LogP contribution in [-0.4, -0.2) is 21.3 Å². The first-order valence-corrected chi connectivity index (χ1v) is 7.81. The fourth-order valence-corrected chi connectivity index (χ4v) is 2.96. The van der Waals surface area contributed by atoms with Gasteiger partial charge in [0.25, 0.3) is 5.56 Å². The van der Waals surface area contributed by atoms with Gasteiger partial charge in [0.2, 0.25) is 0 Å².